The molecule has 0 spiro atoms. The molecule has 0 amide bonds. The molecule has 0 aliphatic heterocycles. The summed E-state index contributed by atoms with van der Waals surface area (Å²) in [5.41, 5.74) is 16.5. The van der Waals surface area contributed by atoms with E-state index in [4.69, 9.17) is 0 Å². The zero-order valence-corrected chi connectivity index (χ0v) is 35.2. The first-order valence-electron chi connectivity index (χ1n) is 21.5. The van der Waals surface area contributed by atoms with Crippen LogP contribution in [0.5, 0.6) is 0 Å². The number of aromatic nitrogens is 1. The van der Waals surface area contributed by atoms with Gasteiger partial charge in [-0.25, -0.2) is 0 Å². The van der Waals surface area contributed by atoms with Gasteiger partial charge in [0.15, 0.2) is 0 Å². The molecule has 0 radical (unpaired) electrons. The van der Waals surface area contributed by atoms with Gasteiger partial charge < -0.3 is 9.47 Å². The van der Waals surface area contributed by atoms with Crippen LogP contribution in [-0.2, 0) is 0 Å². The number of fused-ring (bicyclic) bond motifs is 6. The maximum Gasteiger partial charge on any atom is 0.0541 e. The van der Waals surface area contributed by atoms with Crippen LogP contribution in [0.4, 0.5) is 17.1 Å². The first-order valence-corrected chi connectivity index (χ1v) is 22.3. The molecule has 0 saturated heterocycles. The molecule has 63 heavy (non-hydrogen) atoms. The second-order valence-corrected chi connectivity index (χ2v) is 17.2. The second-order valence-electron chi connectivity index (χ2n) is 16.2. The van der Waals surface area contributed by atoms with Crippen LogP contribution in [-0.4, -0.2) is 4.57 Å². The fraction of sp³-hybridized carbons (Fsp3) is 0. The third-order valence-electron chi connectivity index (χ3n) is 12.4. The monoisotopic (exact) mass is 820 g/mol. The molecule has 3 heteroatoms. The van der Waals surface area contributed by atoms with Gasteiger partial charge >= 0.3 is 0 Å². The van der Waals surface area contributed by atoms with Crippen LogP contribution in [0, 0.1) is 0 Å². The minimum Gasteiger partial charge on any atom is -0.310 e. The molecule has 0 atom stereocenters. The lowest BCUT2D eigenvalue weighted by molar-refractivity contribution is 1.18. The lowest BCUT2D eigenvalue weighted by atomic mass is 9.93. The van der Waals surface area contributed by atoms with E-state index in [1.807, 2.05) is 11.3 Å². The summed E-state index contributed by atoms with van der Waals surface area (Å²) in [7, 11) is 0. The fourth-order valence-corrected chi connectivity index (χ4v) is 10.4. The maximum absolute atomic E-state index is 2.39. The Hall–Kier alpha value is -7.98. The van der Waals surface area contributed by atoms with Crippen LogP contribution < -0.4 is 4.90 Å². The molecule has 10 aromatic carbocycles. The number of rotatable bonds is 8. The molecule has 0 bridgehead atoms. The Labute approximate surface area is 370 Å². The molecular formula is C60H40N2S. The standard InChI is InChI=1S/C60H40N2S/c1-4-14-41(15-5-1)46-36-47(42-16-6-2-7-17-42)38-48(37-46)44-26-31-51(32-27-44)61(52-33-34-55-54-21-11-13-23-59(54)63-60(55)40-52)50-29-24-43(25-30-50)45-28-35-58-56(39-45)53-20-10-12-22-57(53)62(58)49-18-8-3-9-19-49/h1-40H. The molecule has 0 unspecified atom stereocenters. The maximum atomic E-state index is 2.39. The predicted molar refractivity (Wildman–Crippen MR) is 270 cm³/mol. The van der Waals surface area contributed by atoms with Gasteiger partial charge in [0.2, 0.25) is 0 Å². The number of anilines is 3. The van der Waals surface area contributed by atoms with Crippen molar-refractivity contribution in [2.75, 3.05) is 4.90 Å². The molecule has 296 valence electrons. The Morgan fingerprint density at radius 1 is 0.270 bits per heavy atom. The number of thiophene rings is 1. The molecule has 0 aliphatic rings. The first kappa shape index (κ1) is 36.8. The van der Waals surface area contributed by atoms with E-state index in [1.54, 1.807) is 0 Å². The highest BCUT2D eigenvalue weighted by molar-refractivity contribution is 7.25. The Morgan fingerprint density at radius 3 is 1.37 bits per heavy atom. The van der Waals surface area contributed by atoms with Crippen molar-refractivity contribution in [3.8, 4) is 50.2 Å². The summed E-state index contributed by atoms with van der Waals surface area (Å²) in [4.78, 5) is 2.39. The van der Waals surface area contributed by atoms with Gasteiger partial charge in [-0.3, -0.25) is 0 Å². The molecule has 0 aliphatic carbocycles. The summed E-state index contributed by atoms with van der Waals surface area (Å²) in [6.45, 7) is 0. The lowest BCUT2D eigenvalue weighted by Gasteiger charge is -2.26. The van der Waals surface area contributed by atoms with Gasteiger partial charge in [0, 0.05) is 53.7 Å². The number of hydrogen-bond acceptors (Lipinski definition) is 2. The summed E-state index contributed by atoms with van der Waals surface area (Å²) < 4.78 is 4.96. The molecular weight excluding hydrogens is 781 g/mol. The summed E-state index contributed by atoms with van der Waals surface area (Å²) in [6, 6.07) is 88.4. The van der Waals surface area contributed by atoms with Gasteiger partial charge in [-0.2, -0.15) is 0 Å². The SMILES string of the molecule is c1ccc(-c2cc(-c3ccccc3)cc(-c3ccc(N(c4ccc(-c5ccc6c(c5)c5ccccc5n6-c5ccccc5)cc4)c4ccc5c(c4)sc4ccccc45)cc3)c2)cc1. The highest BCUT2D eigenvalue weighted by Crippen LogP contribution is 2.43. The normalized spacial score (nSPS) is 11.5. The molecule has 12 rings (SSSR count). The van der Waals surface area contributed by atoms with Gasteiger partial charge in [0.1, 0.15) is 0 Å². The topological polar surface area (TPSA) is 8.17 Å². The van der Waals surface area contributed by atoms with E-state index in [2.05, 4.69) is 252 Å². The van der Waals surface area contributed by atoms with E-state index < -0.39 is 0 Å². The first-order chi connectivity index (χ1) is 31.2. The Balaban J connectivity index is 0.950. The predicted octanol–water partition coefficient (Wildman–Crippen LogP) is 17.3. The minimum atomic E-state index is 1.10. The van der Waals surface area contributed by atoms with Crippen molar-refractivity contribution >= 4 is 70.4 Å². The average Bonchev–Trinajstić information content (AvgIpc) is 3.90. The van der Waals surface area contributed by atoms with E-state index in [0.29, 0.717) is 0 Å². The summed E-state index contributed by atoms with van der Waals surface area (Å²) >= 11 is 1.86. The van der Waals surface area contributed by atoms with Crippen molar-refractivity contribution < 1.29 is 0 Å². The van der Waals surface area contributed by atoms with Gasteiger partial charge in [-0.05, 0) is 136 Å². The van der Waals surface area contributed by atoms with Gasteiger partial charge in [-0.1, -0.05) is 152 Å². The third kappa shape index (κ3) is 6.67. The van der Waals surface area contributed by atoms with Crippen molar-refractivity contribution in [3.05, 3.63) is 243 Å². The molecule has 2 aromatic heterocycles. The van der Waals surface area contributed by atoms with Gasteiger partial charge in [0.25, 0.3) is 0 Å². The summed E-state index contributed by atoms with van der Waals surface area (Å²) in [6.07, 6.45) is 0. The Morgan fingerprint density at radius 2 is 0.730 bits per heavy atom. The van der Waals surface area contributed by atoms with Crippen molar-refractivity contribution in [2.45, 2.75) is 0 Å². The Kier molecular flexibility index (Phi) is 9.06. The Bertz CT molecular complexity index is 3530. The van der Waals surface area contributed by atoms with Crippen LogP contribution in [0.15, 0.2) is 243 Å². The van der Waals surface area contributed by atoms with E-state index in [0.717, 1.165) is 17.1 Å². The summed E-state index contributed by atoms with van der Waals surface area (Å²) in [5, 5.41) is 5.10. The summed E-state index contributed by atoms with van der Waals surface area (Å²) in [5.74, 6) is 0. The number of para-hydroxylation sites is 2. The van der Waals surface area contributed by atoms with Crippen molar-refractivity contribution in [1.29, 1.82) is 0 Å². The van der Waals surface area contributed by atoms with Crippen molar-refractivity contribution in [3.63, 3.8) is 0 Å². The smallest absolute Gasteiger partial charge is 0.0541 e. The largest absolute Gasteiger partial charge is 0.310 e. The molecule has 0 fully saturated rings. The molecule has 12 aromatic rings. The van der Waals surface area contributed by atoms with Crippen molar-refractivity contribution in [1.82, 2.24) is 4.57 Å². The van der Waals surface area contributed by atoms with E-state index >= 15 is 0 Å². The number of hydrogen-bond donors (Lipinski definition) is 0. The quantitative estimate of drug-likeness (QED) is 0.148. The van der Waals surface area contributed by atoms with Crippen LogP contribution in [0.2, 0.25) is 0 Å². The number of benzene rings is 10. The fourth-order valence-electron chi connectivity index (χ4n) is 9.30. The zero-order valence-electron chi connectivity index (χ0n) is 34.4. The van der Waals surface area contributed by atoms with Crippen LogP contribution in [0.25, 0.3) is 92.2 Å². The zero-order chi connectivity index (χ0) is 41.7. The minimum absolute atomic E-state index is 1.10. The van der Waals surface area contributed by atoms with Crippen LogP contribution in [0.3, 0.4) is 0 Å². The van der Waals surface area contributed by atoms with E-state index in [-0.39, 0.29) is 0 Å². The third-order valence-corrected chi connectivity index (χ3v) is 13.5. The highest BCUT2D eigenvalue weighted by atomic mass is 32.1. The van der Waals surface area contributed by atoms with E-state index in [9.17, 15) is 0 Å². The van der Waals surface area contributed by atoms with Crippen LogP contribution in [0.1, 0.15) is 0 Å². The molecule has 2 nitrogen and oxygen atoms in total. The number of nitrogens with zero attached hydrogens (tertiary/aromatic N) is 2. The van der Waals surface area contributed by atoms with E-state index in [1.165, 1.54) is 92.2 Å². The molecule has 0 N–H and O–H groups in total. The van der Waals surface area contributed by atoms with Crippen molar-refractivity contribution in [2.24, 2.45) is 0 Å². The molecule has 0 saturated carbocycles. The highest BCUT2D eigenvalue weighted by Gasteiger charge is 2.18. The van der Waals surface area contributed by atoms with Gasteiger partial charge in [-0.15, -0.1) is 11.3 Å². The lowest BCUT2D eigenvalue weighted by Crippen LogP contribution is -2.09. The second kappa shape index (κ2) is 15.5. The van der Waals surface area contributed by atoms with Gasteiger partial charge in [0.05, 0.1) is 11.0 Å². The molecule has 2 heterocycles. The average molecular weight is 821 g/mol. The van der Waals surface area contributed by atoms with Crippen LogP contribution >= 0.6 is 11.3 Å².